The number of nitrogens with zero attached hydrogens (tertiary/aromatic N) is 4. The Balaban J connectivity index is 1.65. The zero-order chi connectivity index (χ0) is 31.1. The van der Waals surface area contributed by atoms with Crippen molar-refractivity contribution in [3.8, 4) is 22.4 Å². The molecule has 0 atom stereocenters. The number of nitrogens with one attached hydrogen (secondary N) is 1. The van der Waals surface area contributed by atoms with Crippen LogP contribution in [0, 0.1) is 6.92 Å². The quantitative estimate of drug-likeness (QED) is 0.253. The smallest absolute Gasteiger partial charge is 0.369 e. The van der Waals surface area contributed by atoms with Gasteiger partial charge >= 0.3 is 12.1 Å². The molecule has 0 amide bonds. The summed E-state index contributed by atoms with van der Waals surface area (Å²) in [6.07, 6.45) is -3.92. The monoisotopic (exact) mass is 633 g/mol. The number of halogens is 4. The molecule has 1 saturated heterocycles. The maximum Gasteiger partial charge on any atom is 0.493 e. The summed E-state index contributed by atoms with van der Waals surface area (Å²) < 4.78 is 64.7. The number of hydrogen-bond acceptors (Lipinski definition) is 7. The molecule has 0 saturated carbocycles. The Labute approximate surface area is 251 Å². The van der Waals surface area contributed by atoms with Crippen molar-refractivity contribution in [1.29, 1.82) is 0 Å². The summed E-state index contributed by atoms with van der Waals surface area (Å²) >= 11 is 6.61. The van der Waals surface area contributed by atoms with Crippen molar-refractivity contribution >= 4 is 50.0 Å². The predicted octanol–water partition coefficient (Wildman–Crippen LogP) is 5.91. The molecule has 0 radical (unpaired) electrons. The average molecular weight is 634 g/mol. The molecule has 4 aromatic rings. The molecule has 9 nitrogen and oxygen atoms in total. The minimum absolute atomic E-state index is 0.0755. The molecule has 0 aliphatic carbocycles. The number of H-pyrrole nitrogens is 1. The topological polar surface area (TPSA) is 98.8 Å². The number of aromatic nitrogens is 2. The van der Waals surface area contributed by atoms with Crippen LogP contribution in [-0.4, -0.2) is 68.7 Å². The van der Waals surface area contributed by atoms with Gasteiger partial charge in [0.25, 0.3) is 10.0 Å². The summed E-state index contributed by atoms with van der Waals surface area (Å²) in [6.45, 7) is 8.31. The molecule has 1 N–H and O–H groups in total. The summed E-state index contributed by atoms with van der Waals surface area (Å²) in [7, 11) is -2.63. The highest BCUT2D eigenvalue weighted by molar-refractivity contribution is 7.95. The first kappa shape index (κ1) is 30.4. The van der Waals surface area contributed by atoms with Gasteiger partial charge in [0.15, 0.2) is 0 Å². The summed E-state index contributed by atoms with van der Waals surface area (Å²) in [4.78, 5) is 28.3. The molecule has 14 heteroatoms. The van der Waals surface area contributed by atoms with Gasteiger partial charge in [0.1, 0.15) is 5.65 Å². The molecule has 2 aromatic heterocycles. The fourth-order valence-electron chi connectivity index (χ4n) is 4.88. The van der Waals surface area contributed by atoms with Gasteiger partial charge in [-0.05, 0) is 54.9 Å². The van der Waals surface area contributed by atoms with Crippen molar-refractivity contribution < 1.29 is 31.2 Å². The molecule has 2 aromatic carbocycles. The van der Waals surface area contributed by atoms with Crippen molar-refractivity contribution in [2.24, 2.45) is 0 Å². The van der Waals surface area contributed by atoms with Gasteiger partial charge in [-0.3, -0.25) is 0 Å². The number of carbonyl (C=O) groups excluding carboxylic acids is 1. The fourth-order valence-corrected chi connectivity index (χ4v) is 5.90. The maximum atomic E-state index is 13.1. The lowest BCUT2D eigenvalue weighted by molar-refractivity contribution is -0.199. The number of rotatable bonds is 7. The summed E-state index contributed by atoms with van der Waals surface area (Å²) in [5.74, 6) is -2.71. The lowest BCUT2D eigenvalue weighted by Gasteiger charge is -2.34. The fraction of sp³-hybridized carbons (Fsp3) is 0.241. The Morgan fingerprint density at radius 2 is 1.74 bits per heavy atom. The van der Waals surface area contributed by atoms with Gasteiger partial charge in [-0.15, -0.1) is 0 Å². The number of aromatic amines is 1. The van der Waals surface area contributed by atoms with Gasteiger partial charge in [-0.1, -0.05) is 46.9 Å². The number of hydrogen-bond donors (Lipinski definition) is 1. The van der Waals surface area contributed by atoms with Crippen LogP contribution in [-0.2, 0) is 19.7 Å². The van der Waals surface area contributed by atoms with Crippen molar-refractivity contribution in [2.75, 3.05) is 42.6 Å². The van der Waals surface area contributed by atoms with Gasteiger partial charge in [-0.25, -0.2) is 9.78 Å². The number of pyridine rings is 1. The number of aryl methyl sites for hydroxylation is 1. The van der Waals surface area contributed by atoms with E-state index in [4.69, 9.17) is 11.6 Å². The number of alkyl halides is 3. The highest BCUT2D eigenvalue weighted by atomic mass is 35.5. The molecule has 1 aliphatic heterocycles. The first-order valence-electron chi connectivity index (χ1n) is 13.1. The summed E-state index contributed by atoms with van der Waals surface area (Å²) in [5, 5.41) is 1.25. The van der Waals surface area contributed by atoms with Gasteiger partial charge in [-0.2, -0.15) is 21.6 Å². The van der Waals surface area contributed by atoms with Crippen LogP contribution in [0.4, 0.5) is 24.5 Å². The van der Waals surface area contributed by atoms with Gasteiger partial charge in [0, 0.05) is 54.4 Å². The standard InChI is InChI=1S/C29H27ClF3N5O4S/c1-4-43(40,41)38(42-28(39)29(31,32)33)23-17-20(6-5-18(23)2)24-25-22(30)11-12-34-27(25)35-26(24)19-7-9-21(10-8-19)37-15-13-36(3)14-16-37/h4-12,17H,1,13-16H2,2-3H3,(H,34,35). The first-order valence-corrected chi connectivity index (χ1v) is 15.0. The minimum atomic E-state index is -5.44. The number of benzene rings is 2. The molecule has 3 heterocycles. The third-order valence-corrected chi connectivity index (χ3v) is 8.67. The zero-order valence-electron chi connectivity index (χ0n) is 23.2. The first-order chi connectivity index (χ1) is 20.3. The Kier molecular flexibility index (Phi) is 8.16. The molecule has 1 fully saturated rings. The third kappa shape index (κ3) is 6.05. The summed E-state index contributed by atoms with van der Waals surface area (Å²) in [5.41, 5.74) is 3.67. The Morgan fingerprint density at radius 3 is 2.37 bits per heavy atom. The van der Waals surface area contributed by atoms with E-state index in [9.17, 15) is 26.4 Å². The van der Waals surface area contributed by atoms with E-state index in [2.05, 4.69) is 38.2 Å². The van der Waals surface area contributed by atoms with Crippen molar-refractivity contribution in [3.05, 3.63) is 77.3 Å². The molecule has 5 rings (SSSR count). The van der Waals surface area contributed by atoms with E-state index in [0.717, 1.165) is 37.4 Å². The van der Waals surface area contributed by atoms with Crippen LogP contribution in [0.5, 0.6) is 0 Å². The van der Waals surface area contributed by atoms with Crippen molar-refractivity contribution in [2.45, 2.75) is 13.1 Å². The van der Waals surface area contributed by atoms with E-state index in [0.29, 0.717) is 38.3 Å². The Hall–Kier alpha value is -4.07. The molecule has 226 valence electrons. The van der Waals surface area contributed by atoms with Gasteiger partial charge < -0.3 is 19.6 Å². The van der Waals surface area contributed by atoms with Crippen molar-refractivity contribution in [3.63, 3.8) is 0 Å². The highest BCUT2D eigenvalue weighted by Crippen LogP contribution is 2.43. The molecule has 0 bridgehead atoms. The number of fused-ring (bicyclic) bond motifs is 1. The second-order valence-electron chi connectivity index (χ2n) is 10.0. The van der Waals surface area contributed by atoms with Crippen LogP contribution in [0.1, 0.15) is 5.56 Å². The number of anilines is 2. The Morgan fingerprint density at radius 1 is 1.09 bits per heavy atom. The van der Waals surface area contributed by atoms with E-state index < -0.39 is 22.2 Å². The van der Waals surface area contributed by atoms with E-state index in [1.165, 1.54) is 25.3 Å². The van der Waals surface area contributed by atoms with Crippen LogP contribution in [0.25, 0.3) is 33.4 Å². The number of likely N-dealkylation sites (N-methyl/N-ethyl adjacent to an activating group) is 1. The number of carbonyl (C=O) groups is 1. The van der Waals surface area contributed by atoms with E-state index >= 15 is 0 Å². The summed E-state index contributed by atoms with van der Waals surface area (Å²) in [6, 6.07) is 13.9. The molecule has 0 unspecified atom stereocenters. The molecule has 0 spiro atoms. The number of sulfonamides is 1. The van der Waals surface area contributed by atoms with Gasteiger partial charge in [0.05, 0.1) is 16.4 Å². The number of piperazine rings is 1. The molecule has 43 heavy (non-hydrogen) atoms. The second kappa shape index (κ2) is 11.5. The average Bonchev–Trinajstić information content (AvgIpc) is 3.37. The highest BCUT2D eigenvalue weighted by Gasteiger charge is 2.44. The van der Waals surface area contributed by atoms with Crippen LogP contribution in [0.2, 0.25) is 5.02 Å². The molecule has 1 aliphatic rings. The van der Waals surface area contributed by atoms with Crippen molar-refractivity contribution in [1.82, 2.24) is 14.9 Å². The van der Waals surface area contributed by atoms with E-state index in [-0.39, 0.29) is 15.7 Å². The van der Waals surface area contributed by atoms with Crippen LogP contribution < -0.4 is 9.37 Å². The van der Waals surface area contributed by atoms with Gasteiger partial charge in [0.2, 0.25) is 0 Å². The zero-order valence-corrected chi connectivity index (χ0v) is 24.7. The minimum Gasteiger partial charge on any atom is -0.369 e. The predicted molar refractivity (Wildman–Crippen MR) is 160 cm³/mol. The van der Waals surface area contributed by atoms with Crippen LogP contribution in [0.3, 0.4) is 0 Å². The van der Waals surface area contributed by atoms with Crippen LogP contribution >= 0.6 is 11.6 Å². The third-order valence-electron chi connectivity index (χ3n) is 7.20. The Bertz CT molecular complexity index is 1800. The maximum absolute atomic E-state index is 13.1. The molecular formula is C29H27ClF3N5O4S. The second-order valence-corrected chi connectivity index (χ2v) is 12.1. The van der Waals surface area contributed by atoms with E-state index in [1.807, 2.05) is 24.3 Å². The normalized spacial score (nSPS) is 14.6. The lowest BCUT2D eigenvalue weighted by atomic mass is 9.97. The van der Waals surface area contributed by atoms with E-state index in [1.54, 1.807) is 12.1 Å². The van der Waals surface area contributed by atoms with Crippen LogP contribution in [0.15, 0.2) is 66.7 Å². The SMILES string of the molecule is C=CS(=O)(=O)N(OC(=O)C(F)(F)F)c1cc(-c2c(-c3ccc(N4CCN(C)CC4)cc3)[nH]c3nccc(Cl)c23)ccc1C. The lowest BCUT2D eigenvalue weighted by Crippen LogP contribution is -2.44. The molecular weight excluding hydrogens is 607 g/mol. The largest absolute Gasteiger partial charge is 0.493 e.